The lowest BCUT2D eigenvalue weighted by Gasteiger charge is -2.48. The number of hydrogen-bond acceptors (Lipinski definition) is 6. The van der Waals surface area contributed by atoms with Crippen molar-refractivity contribution in [2.45, 2.75) is 177 Å². The number of amides is 2. The molecule has 0 saturated heterocycles. The third-order valence-electron chi connectivity index (χ3n) is 9.99. The molecule has 0 bridgehead atoms. The Kier molecular flexibility index (Phi) is 21.8. The molecule has 1 aliphatic rings. The van der Waals surface area contributed by atoms with Crippen LogP contribution < -0.4 is 16.5 Å². The van der Waals surface area contributed by atoms with Crippen molar-refractivity contribution >= 4 is 18.2 Å². The Labute approximate surface area is 295 Å². The van der Waals surface area contributed by atoms with E-state index in [2.05, 4.69) is 63.7 Å². The highest BCUT2D eigenvalue weighted by Gasteiger charge is 2.43. The van der Waals surface area contributed by atoms with Gasteiger partial charge in [-0.1, -0.05) is 118 Å². The minimum absolute atomic E-state index is 0.0590. The summed E-state index contributed by atoms with van der Waals surface area (Å²) in [6.45, 7) is 20.8. The summed E-state index contributed by atoms with van der Waals surface area (Å²) in [5, 5.41) is 7.80. The number of hydrazine groups is 1. The maximum atomic E-state index is 13.2. The topological polar surface area (TPSA) is 109 Å². The van der Waals surface area contributed by atoms with Crippen LogP contribution in [0.3, 0.4) is 0 Å². The van der Waals surface area contributed by atoms with Gasteiger partial charge in [0, 0.05) is 26.1 Å². The van der Waals surface area contributed by atoms with Crippen LogP contribution in [0.25, 0.3) is 0 Å². The van der Waals surface area contributed by atoms with Gasteiger partial charge < -0.3 is 10.1 Å². The Hall–Kier alpha value is -2.35. The van der Waals surface area contributed by atoms with E-state index in [1.807, 2.05) is 6.92 Å². The van der Waals surface area contributed by atoms with E-state index in [1.54, 1.807) is 7.05 Å². The molecule has 3 atom stereocenters. The van der Waals surface area contributed by atoms with E-state index in [9.17, 15) is 9.59 Å². The third-order valence-corrected chi connectivity index (χ3v) is 9.99. The molecule has 1 fully saturated rings. The first kappa shape index (κ1) is 43.7. The SMILES string of the molecule is C=C(NC1CC(C)(C)CC(C)(CN(N)C(=O)NC(C/C(C)=C(\C=O)CCCC)=NC)C1)OCC(CCCCCC)CCCCCCCC. The average Bonchev–Trinajstić information content (AvgIpc) is 3.01. The number of urea groups is 1. The molecule has 278 valence electrons. The lowest BCUT2D eigenvalue weighted by molar-refractivity contribution is -0.105. The third kappa shape index (κ3) is 18.4. The summed E-state index contributed by atoms with van der Waals surface area (Å²) in [4.78, 5) is 29.1. The van der Waals surface area contributed by atoms with Gasteiger partial charge in [0.05, 0.1) is 6.61 Å². The van der Waals surface area contributed by atoms with Gasteiger partial charge in [-0.3, -0.25) is 20.1 Å². The maximum absolute atomic E-state index is 13.2. The summed E-state index contributed by atoms with van der Waals surface area (Å²) < 4.78 is 6.31. The highest BCUT2D eigenvalue weighted by molar-refractivity contribution is 5.98. The van der Waals surface area contributed by atoms with Crippen LogP contribution in [0.15, 0.2) is 28.6 Å². The number of nitrogens with one attached hydrogen (secondary N) is 2. The van der Waals surface area contributed by atoms with Crippen LogP contribution in [0.5, 0.6) is 0 Å². The smallest absolute Gasteiger partial charge is 0.336 e. The second-order valence-electron chi connectivity index (χ2n) is 15.8. The monoisotopic (exact) mass is 674 g/mol. The minimum atomic E-state index is -0.387. The second-order valence-corrected chi connectivity index (χ2v) is 15.8. The van der Waals surface area contributed by atoms with E-state index in [0.29, 0.717) is 30.6 Å². The summed E-state index contributed by atoms with van der Waals surface area (Å²) in [6, 6.07) is -0.212. The Bertz CT molecular complexity index is 1010. The average molecular weight is 674 g/mol. The van der Waals surface area contributed by atoms with Crippen molar-refractivity contribution in [3.05, 3.63) is 23.6 Å². The minimum Gasteiger partial charge on any atom is -0.479 e. The first-order valence-corrected chi connectivity index (χ1v) is 19.3. The number of hydrogen-bond donors (Lipinski definition) is 3. The molecule has 1 aliphatic carbocycles. The highest BCUT2D eigenvalue weighted by Crippen LogP contribution is 2.46. The van der Waals surface area contributed by atoms with Gasteiger partial charge in [0.15, 0.2) is 5.88 Å². The zero-order valence-electron chi connectivity index (χ0n) is 32.5. The maximum Gasteiger partial charge on any atom is 0.336 e. The zero-order valence-corrected chi connectivity index (χ0v) is 32.5. The summed E-state index contributed by atoms with van der Waals surface area (Å²) in [5.74, 6) is 8.14. The fraction of sp³-hybridized carbons (Fsp3) is 0.825. The van der Waals surface area contributed by atoms with Crippen LogP contribution in [0.2, 0.25) is 0 Å². The Morgan fingerprint density at radius 1 is 0.979 bits per heavy atom. The number of amidine groups is 1. The van der Waals surface area contributed by atoms with Gasteiger partial charge in [-0.05, 0) is 80.8 Å². The van der Waals surface area contributed by atoms with E-state index in [-0.39, 0.29) is 22.9 Å². The summed E-state index contributed by atoms with van der Waals surface area (Å²) in [5.41, 5.74) is 1.56. The van der Waals surface area contributed by atoms with Crippen LogP contribution >= 0.6 is 0 Å². The fourth-order valence-corrected chi connectivity index (χ4v) is 7.69. The normalized spacial score (nSPS) is 20.4. The van der Waals surface area contributed by atoms with Gasteiger partial charge in [-0.15, -0.1) is 0 Å². The van der Waals surface area contributed by atoms with Crippen LogP contribution in [0.4, 0.5) is 4.79 Å². The molecule has 0 aromatic carbocycles. The van der Waals surface area contributed by atoms with Crippen LogP contribution in [-0.4, -0.2) is 49.4 Å². The van der Waals surface area contributed by atoms with Gasteiger partial charge in [0.2, 0.25) is 0 Å². The number of unbranched alkanes of at least 4 members (excludes halogenated alkanes) is 9. The highest BCUT2D eigenvalue weighted by atomic mass is 16.5. The lowest BCUT2D eigenvalue weighted by atomic mass is 9.62. The largest absolute Gasteiger partial charge is 0.479 e. The quantitative estimate of drug-likeness (QED) is 0.0103. The number of ether oxygens (including phenoxy) is 1. The zero-order chi connectivity index (χ0) is 36.0. The molecule has 1 rings (SSSR count). The summed E-state index contributed by atoms with van der Waals surface area (Å²) >= 11 is 0. The van der Waals surface area contributed by atoms with Crippen molar-refractivity contribution in [2.24, 2.45) is 27.6 Å². The van der Waals surface area contributed by atoms with E-state index in [1.165, 1.54) is 82.1 Å². The lowest BCUT2D eigenvalue weighted by Crippen LogP contribution is -2.54. The van der Waals surface area contributed by atoms with Crippen LogP contribution in [0.1, 0.15) is 170 Å². The molecule has 0 aromatic heterocycles. The Morgan fingerprint density at radius 2 is 1.56 bits per heavy atom. The number of carbonyl (C=O) groups excluding carboxylic acids is 2. The Morgan fingerprint density at radius 3 is 2.15 bits per heavy atom. The van der Waals surface area contributed by atoms with E-state index in [4.69, 9.17) is 10.6 Å². The fourth-order valence-electron chi connectivity index (χ4n) is 7.69. The van der Waals surface area contributed by atoms with E-state index in [0.717, 1.165) is 62.6 Å². The molecule has 8 nitrogen and oxygen atoms in total. The van der Waals surface area contributed by atoms with Crippen molar-refractivity contribution in [2.75, 3.05) is 20.2 Å². The van der Waals surface area contributed by atoms with Gasteiger partial charge in [0.1, 0.15) is 12.1 Å². The number of nitrogens with two attached hydrogens (primary N) is 1. The van der Waals surface area contributed by atoms with Crippen molar-refractivity contribution in [3.63, 3.8) is 0 Å². The molecule has 3 unspecified atom stereocenters. The molecule has 0 spiro atoms. The molecule has 1 saturated carbocycles. The molecule has 48 heavy (non-hydrogen) atoms. The predicted octanol–water partition coefficient (Wildman–Crippen LogP) is 10.00. The molecule has 0 heterocycles. The van der Waals surface area contributed by atoms with E-state index < -0.39 is 0 Å². The first-order chi connectivity index (χ1) is 22.8. The van der Waals surface area contributed by atoms with Crippen LogP contribution in [0, 0.1) is 16.7 Å². The van der Waals surface area contributed by atoms with Gasteiger partial charge in [-0.25, -0.2) is 10.6 Å². The first-order valence-electron chi connectivity index (χ1n) is 19.3. The molecule has 0 radical (unpaired) electrons. The molecule has 8 heteroatoms. The number of aliphatic imine (C=N–C) groups is 1. The molecule has 4 N–H and O–H groups in total. The number of allylic oxidation sites excluding steroid dienone is 1. The number of aldehydes is 1. The van der Waals surface area contributed by atoms with Crippen molar-refractivity contribution < 1.29 is 14.3 Å². The standard InChI is InChI=1S/C40H75N5O3/c1-10-13-16-18-19-21-23-34(22-20-17-14-11-2)29-48-33(5)43-36-26-39(6,7)30-40(8,27-36)31-45(41)38(47)44-37(42-9)25-32(4)35(28-46)24-15-12-3/h28,34,36,43H,5,10-27,29-31,41H2,1-4,6-9H3,(H,42,44,47)/b35-32-. The van der Waals surface area contributed by atoms with Crippen LogP contribution in [-0.2, 0) is 9.53 Å². The summed E-state index contributed by atoms with van der Waals surface area (Å²) in [6.07, 6.45) is 22.4. The van der Waals surface area contributed by atoms with Gasteiger partial charge in [0.25, 0.3) is 0 Å². The number of carbonyl (C=O) groups is 2. The second kappa shape index (κ2) is 23.9. The summed E-state index contributed by atoms with van der Waals surface area (Å²) in [7, 11) is 1.65. The van der Waals surface area contributed by atoms with E-state index >= 15 is 0 Å². The Balaban J connectivity index is 2.77. The number of rotatable bonds is 25. The van der Waals surface area contributed by atoms with Gasteiger partial charge in [-0.2, -0.15) is 0 Å². The molecular formula is C40H75N5O3. The van der Waals surface area contributed by atoms with Crippen molar-refractivity contribution in [1.82, 2.24) is 15.6 Å². The molecule has 0 aromatic rings. The molecular weight excluding hydrogens is 598 g/mol. The predicted molar refractivity (Wildman–Crippen MR) is 204 cm³/mol. The molecule has 0 aliphatic heterocycles. The van der Waals surface area contributed by atoms with Crippen molar-refractivity contribution in [1.29, 1.82) is 0 Å². The molecule has 2 amide bonds. The number of nitrogens with zero attached hydrogens (tertiary/aromatic N) is 2. The van der Waals surface area contributed by atoms with Gasteiger partial charge >= 0.3 is 6.03 Å². The van der Waals surface area contributed by atoms with Crippen molar-refractivity contribution in [3.8, 4) is 0 Å².